The van der Waals surface area contributed by atoms with E-state index in [1.54, 1.807) is 19.2 Å². The predicted octanol–water partition coefficient (Wildman–Crippen LogP) is 1.98. The molecule has 6 heteroatoms. The fourth-order valence-electron chi connectivity index (χ4n) is 1.88. The van der Waals surface area contributed by atoms with Crippen LogP contribution in [0.15, 0.2) is 31.0 Å². The van der Waals surface area contributed by atoms with E-state index in [-0.39, 0.29) is 0 Å². The minimum atomic E-state index is -0.434. The molecule has 3 aromatic rings. The maximum Gasteiger partial charge on any atom is 0.419 e. The first-order chi connectivity index (χ1) is 8.81. The van der Waals surface area contributed by atoms with Crippen molar-refractivity contribution in [3.05, 3.63) is 31.0 Å². The second kappa shape index (κ2) is 4.06. The van der Waals surface area contributed by atoms with Gasteiger partial charge in [-0.3, -0.25) is 0 Å². The van der Waals surface area contributed by atoms with Gasteiger partial charge in [-0.25, -0.2) is 24.3 Å². The Morgan fingerprint density at radius 2 is 2.28 bits per heavy atom. The molecule has 90 valence electrons. The molecule has 0 aliphatic rings. The smallest absolute Gasteiger partial charge is 0.419 e. The summed E-state index contributed by atoms with van der Waals surface area (Å²) in [5, 5.41) is 0.818. The zero-order chi connectivity index (χ0) is 12.5. The van der Waals surface area contributed by atoms with Crippen molar-refractivity contribution in [3.63, 3.8) is 0 Å². The second-order valence-corrected chi connectivity index (χ2v) is 3.70. The van der Waals surface area contributed by atoms with Gasteiger partial charge in [-0.1, -0.05) is 0 Å². The Labute approximate surface area is 102 Å². The Bertz CT molecular complexity index is 735. The van der Waals surface area contributed by atoms with Crippen LogP contribution in [0, 0.1) is 0 Å². The quantitative estimate of drug-likeness (QED) is 0.652. The fourth-order valence-corrected chi connectivity index (χ4v) is 1.88. The third-order valence-electron chi connectivity index (χ3n) is 2.67. The molecule has 0 N–H and O–H groups in total. The van der Waals surface area contributed by atoms with Gasteiger partial charge >= 0.3 is 6.09 Å². The summed E-state index contributed by atoms with van der Waals surface area (Å²) < 4.78 is 6.34. The highest BCUT2D eigenvalue weighted by atomic mass is 16.5. The van der Waals surface area contributed by atoms with Crippen LogP contribution in [0.1, 0.15) is 6.92 Å². The van der Waals surface area contributed by atoms with E-state index in [9.17, 15) is 4.79 Å². The lowest BCUT2D eigenvalue weighted by Gasteiger charge is -2.03. The number of rotatable bonds is 1. The molecule has 18 heavy (non-hydrogen) atoms. The number of ether oxygens (including phenoxy) is 1. The number of nitrogens with zero attached hydrogens (tertiary/aromatic N) is 4. The predicted molar refractivity (Wildman–Crippen MR) is 65.2 cm³/mol. The number of hydrogen-bond acceptors (Lipinski definition) is 5. The molecule has 0 bridgehead atoms. The van der Waals surface area contributed by atoms with Gasteiger partial charge in [-0.05, 0) is 19.1 Å². The molecular formula is C12H10N4O2. The number of carbonyl (C=O) groups excluding carboxylic acids is 1. The molecule has 3 rings (SSSR count). The lowest BCUT2D eigenvalue weighted by Crippen LogP contribution is -2.12. The molecule has 0 saturated carbocycles. The first kappa shape index (κ1) is 10.6. The van der Waals surface area contributed by atoms with Crippen LogP contribution in [0.5, 0.6) is 0 Å². The van der Waals surface area contributed by atoms with Crippen LogP contribution in [-0.2, 0) is 4.74 Å². The van der Waals surface area contributed by atoms with Gasteiger partial charge in [0.25, 0.3) is 0 Å². The molecule has 0 unspecified atom stereocenters. The third-order valence-corrected chi connectivity index (χ3v) is 2.67. The number of hydrogen-bond donors (Lipinski definition) is 0. The lowest BCUT2D eigenvalue weighted by molar-refractivity contribution is 0.155. The van der Waals surface area contributed by atoms with E-state index in [0.29, 0.717) is 17.6 Å². The van der Waals surface area contributed by atoms with E-state index in [1.165, 1.54) is 17.2 Å². The zero-order valence-electron chi connectivity index (χ0n) is 9.70. The first-order valence-corrected chi connectivity index (χ1v) is 5.54. The van der Waals surface area contributed by atoms with Crippen molar-refractivity contribution >= 4 is 28.0 Å². The van der Waals surface area contributed by atoms with Crippen molar-refractivity contribution in [2.75, 3.05) is 6.61 Å². The standard InChI is InChI=1S/C12H10N4O2/c1-2-18-12(17)16-7-15-11-8-5-13-6-14-9(8)3-4-10(11)16/h3-7H,2H2,1H3. The molecule has 1 aromatic carbocycles. The van der Waals surface area contributed by atoms with Crippen molar-refractivity contribution in [2.24, 2.45) is 0 Å². The molecule has 0 saturated heterocycles. The van der Waals surface area contributed by atoms with Gasteiger partial charge in [0.05, 0.1) is 23.2 Å². The molecule has 2 heterocycles. The Morgan fingerprint density at radius 1 is 1.39 bits per heavy atom. The minimum Gasteiger partial charge on any atom is -0.449 e. The Hall–Kier alpha value is -2.50. The SMILES string of the molecule is CCOC(=O)n1cnc2c3cncnc3ccc21. The van der Waals surface area contributed by atoms with Crippen LogP contribution in [-0.4, -0.2) is 32.2 Å². The number of aromatic nitrogens is 4. The molecule has 0 radical (unpaired) electrons. The molecule has 0 aliphatic heterocycles. The fraction of sp³-hybridized carbons (Fsp3) is 0.167. The summed E-state index contributed by atoms with van der Waals surface area (Å²) in [5.74, 6) is 0. The molecule has 2 aromatic heterocycles. The van der Waals surface area contributed by atoms with Gasteiger partial charge in [0.1, 0.15) is 12.7 Å². The van der Waals surface area contributed by atoms with E-state index < -0.39 is 6.09 Å². The summed E-state index contributed by atoms with van der Waals surface area (Å²) in [6, 6.07) is 3.63. The number of benzene rings is 1. The highest BCUT2D eigenvalue weighted by Gasteiger charge is 2.12. The number of imidazole rings is 1. The summed E-state index contributed by atoms with van der Waals surface area (Å²) in [6.07, 6.45) is 4.19. The molecule has 0 spiro atoms. The van der Waals surface area contributed by atoms with E-state index >= 15 is 0 Å². The van der Waals surface area contributed by atoms with Crippen molar-refractivity contribution in [1.82, 2.24) is 19.5 Å². The van der Waals surface area contributed by atoms with Crippen molar-refractivity contribution in [3.8, 4) is 0 Å². The average Bonchev–Trinajstić information content (AvgIpc) is 2.83. The Morgan fingerprint density at radius 3 is 3.11 bits per heavy atom. The van der Waals surface area contributed by atoms with Crippen LogP contribution < -0.4 is 0 Å². The van der Waals surface area contributed by atoms with E-state index in [2.05, 4.69) is 15.0 Å². The highest BCUT2D eigenvalue weighted by Crippen LogP contribution is 2.21. The molecule has 0 fully saturated rings. The monoisotopic (exact) mass is 242 g/mol. The van der Waals surface area contributed by atoms with Crippen molar-refractivity contribution < 1.29 is 9.53 Å². The lowest BCUT2D eigenvalue weighted by atomic mass is 10.2. The van der Waals surface area contributed by atoms with Gasteiger partial charge in [-0.15, -0.1) is 0 Å². The Kier molecular flexibility index (Phi) is 2.40. The highest BCUT2D eigenvalue weighted by molar-refractivity contribution is 6.04. The van der Waals surface area contributed by atoms with Crippen LogP contribution in [0.25, 0.3) is 21.9 Å². The Balaban J connectivity index is 2.26. The van der Waals surface area contributed by atoms with Gasteiger partial charge in [0.2, 0.25) is 0 Å². The molecule has 0 amide bonds. The number of carbonyl (C=O) groups is 1. The average molecular weight is 242 g/mol. The van der Waals surface area contributed by atoms with E-state index in [4.69, 9.17) is 4.74 Å². The van der Waals surface area contributed by atoms with E-state index in [1.807, 2.05) is 6.07 Å². The molecule has 0 atom stereocenters. The minimum absolute atomic E-state index is 0.329. The largest absolute Gasteiger partial charge is 0.449 e. The van der Waals surface area contributed by atoms with E-state index in [0.717, 1.165) is 10.9 Å². The van der Waals surface area contributed by atoms with Crippen LogP contribution in [0.3, 0.4) is 0 Å². The van der Waals surface area contributed by atoms with Gasteiger partial charge in [0.15, 0.2) is 0 Å². The third kappa shape index (κ3) is 1.50. The van der Waals surface area contributed by atoms with Gasteiger partial charge in [0, 0.05) is 11.6 Å². The maximum absolute atomic E-state index is 11.7. The summed E-state index contributed by atoms with van der Waals surface area (Å²) in [7, 11) is 0. The zero-order valence-corrected chi connectivity index (χ0v) is 9.70. The summed E-state index contributed by atoms with van der Waals surface area (Å²) in [6.45, 7) is 2.09. The summed E-state index contributed by atoms with van der Waals surface area (Å²) in [5.41, 5.74) is 2.18. The number of fused-ring (bicyclic) bond motifs is 3. The second-order valence-electron chi connectivity index (χ2n) is 3.70. The van der Waals surface area contributed by atoms with Crippen LogP contribution in [0.2, 0.25) is 0 Å². The van der Waals surface area contributed by atoms with Gasteiger partial charge in [-0.2, -0.15) is 0 Å². The summed E-state index contributed by atoms with van der Waals surface area (Å²) >= 11 is 0. The molecule has 6 nitrogen and oxygen atoms in total. The topological polar surface area (TPSA) is 69.9 Å². The molecular weight excluding hydrogens is 232 g/mol. The van der Waals surface area contributed by atoms with Crippen molar-refractivity contribution in [2.45, 2.75) is 6.92 Å². The first-order valence-electron chi connectivity index (χ1n) is 5.54. The van der Waals surface area contributed by atoms with Crippen LogP contribution >= 0.6 is 0 Å². The maximum atomic E-state index is 11.7. The summed E-state index contributed by atoms with van der Waals surface area (Å²) in [4.78, 5) is 24.1. The van der Waals surface area contributed by atoms with Crippen molar-refractivity contribution in [1.29, 1.82) is 0 Å². The normalized spacial score (nSPS) is 10.9. The van der Waals surface area contributed by atoms with Crippen LogP contribution in [0.4, 0.5) is 4.79 Å². The molecule has 0 aliphatic carbocycles. The van der Waals surface area contributed by atoms with Gasteiger partial charge < -0.3 is 4.74 Å².